The van der Waals surface area contributed by atoms with Gasteiger partial charge in [-0.3, -0.25) is 9.69 Å². The number of nitrogens with zero attached hydrogens (tertiary/aromatic N) is 2. The van der Waals surface area contributed by atoms with Crippen LogP contribution in [0.5, 0.6) is 0 Å². The lowest BCUT2D eigenvalue weighted by molar-refractivity contribution is -0.144. The predicted molar refractivity (Wildman–Crippen MR) is 85.8 cm³/mol. The molecule has 0 aromatic carbocycles. The number of hydrogen-bond acceptors (Lipinski definition) is 5. The molecule has 1 N–H and O–H groups in total. The number of likely N-dealkylation sites (N-methyl/N-ethyl adjacent to an activating group) is 1. The fraction of sp³-hybridized carbons (Fsp3) is 0.643. The molecule has 1 aromatic rings. The monoisotopic (exact) mass is 346 g/mol. The number of thiophene rings is 1. The van der Waals surface area contributed by atoms with Gasteiger partial charge in [-0.2, -0.15) is 4.31 Å². The molecule has 1 aromatic heterocycles. The Labute approximate surface area is 135 Å². The van der Waals surface area contributed by atoms with Crippen molar-refractivity contribution in [1.82, 2.24) is 9.21 Å². The maximum Gasteiger partial charge on any atom is 0.322 e. The molecule has 124 valence electrons. The van der Waals surface area contributed by atoms with E-state index in [0.717, 1.165) is 4.88 Å². The summed E-state index contributed by atoms with van der Waals surface area (Å²) in [7, 11) is -1.93. The first-order valence-electron chi connectivity index (χ1n) is 7.07. The van der Waals surface area contributed by atoms with Crippen LogP contribution in [0.25, 0.3) is 0 Å². The zero-order chi connectivity index (χ0) is 16.7. The average molecular weight is 346 g/mol. The van der Waals surface area contributed by atoms with Crippen LogP contribution in [0.1, 0.15) is 25.6 Å². The predicted octanol–water partition coefficient (Wildman–Crippen LogP) is 1.43. The van der Waals surface area contributed by atoms with Crippen LogP contribution in [0.3, 0.4) is 0 Å². The van der Waals surface area contributed by atoms with Crippen LogP contribution in [0, 0.1) is 0 Å². The zero-order valence-electron chi connectivity index (χ0n) is 13.2. The topological polar surface area (TPSA) is 77.9 Å². The van der Waals surface area contributed by atoms with Crippen molar-refractivity contribution in [1.29, 1.82) is 0 Å². The third-order valence-corrected chi connectivity index (χ3v) is 7.65. The fourth-order valence-electron chi connectivity index (χ4n) is 2.32. The van der Waals surface area contributed by atoms with Crippen molar-refractivity contribution in [2.45, 2.75) is 36.4 Å². The molecule has 1 fully saturated rings. The molecule has 1 unspecified atom stereocenters. The average Bonchev–Trinajstić information content (AvgIpc) is 2.88. The number of carboxylic acid groups (broad SMARTS) is 1. The number of carbonyl (C=O) groups is 1. The lowest BCUT2D eigenvalue weighted by Crippen LogP contribution is -2.56. The minimum atomic E-state index is -3.63. The Hall–Kier alpha value is -0.960. The highest BCUT2D eigenvalue weighted by atomic mass is 32.2. The molecule has 0 bridgehead atoms. The summed E-state index contributed by atoms with van der Waals surface area (Å²) in [5.74, 6) is -0.996. The molecule has 0 aliphatic carbocycles. The van der Waals surface area contributed by atoms with Crippen LogP contribution in [-0.2, 0) is 20.2 Å². The second kappa shape index (κ2) is 5.92. The fourth-order valence-corrected chi connectivity index (χ4v) is 5.28. The molecule has 1 aliphatic rings. The first-order chi connectivity index (χ1) is 10.0. The van der Waals surface area contributed by atoms with E-state index in [4.69, 9.17) is 0 Å². The van der Waals surface area contributed by atoms with Gasteiger partial charge in [-0.15, -0.1) is 11.3 Å². The van der Waals surface area contributed by atoms with Gasteiger partial charge in [0.1, 0.15) is 10.3 Å². The highest BCUT2D eigenvalue weighted by Crippen LogP contribution is 2.33. The Morgan fingerprint density at radius 3 is 2.45 bits per heavy atom. The van der Waals surface area contributed by atoms with Crippen molar-refractivity contribution in [2.75, 3.05) is 26.7 Å². The van der Waals surface area contributed by atoms with E-state index in [2.05, 4.69) is 0 Å². The van der Waals surface area contributed by atoms with Crippen molar-refractivity contribution in [2.24, 2.45) is 0 Å². The minimum Gasteiger partial charge on any atom is -0.480 e. The van der Waals surface area contributed by atoms with Crippen molar-refractivity contribution >= 4 is 27.3 Å². The Balaban J connectivity index is 2.27. The second-order valence-electron chi connectivity index (χ2n) is 6.57. The van der Waals surface area contributed by atoms with E-state index in [1.165, 1.54) is 15.6 Å². The third-order valence-electron chi connectivity index (χ3n) is 3.81. The number of piperazine rings is 1. The maximum atomic E-state index is 12.7. The molecule has 1 saturated heterocycles. The molecular formula is C14H22N2O4S2. The molecule has 2 rings (SSSR count). The number of aliphatic carboxylic acids is 1. The Morgan fingerprint density at radius 1 is 1.32 bits per heavy atom. The van der Waals surface area contributed by atoms with Crippen molar-refractivity contribution in [3.8, 4) is 0 Å². The van der Waals surface area contributed by atoms with Crippen LogP contribution in [0.15, 0.2) is 16.3 Å². The van der Waals surface area contributed by atoms with Crippen LogP contribution in [-0.4, -0.2) is 61.4 Å². The maximum absolute atomic E-state index is 12.7. The summed E-state index contributed by atoms with van der Waals surface area (Å²) >= 11 is 1.26. The minimum absolute atomic E-state index is 0.0169. The summed E-state index contributed by atoms with van der Waals surface area (Å²) in [6, 6.07) is 2.65. The third kappa shape index (κ3) is 3.34. The van der Waals surface area contributed by atoms with E-state index in [-0.39, 0.29) is 16.2 Å². The van der Waals surface area contributed by atoms with Crippen LogP contribution in [0.4, 0.5) is 0 Å². The highest BCUT2D eigenvalue weighted by Gasteiger charge is 2.37. The Morgan fingerprint density at radius 2 is 1.95 bits per heavy atom. The van der Waals surface area contributed by atoms with Crippen molar-refractivity contribution in [3.63, 3.8) is 0 Å². The summed E-state index contributed by atoms with van der Waals surface area (Å²) in [5, 5.41) is 9.21. The van der Waals surface area contributed by atoms with Gasteiger partial charge in [0.2, 0.25) is 0 Å². The summed E-state index contributed by atoms with van der Waals surface area (Å²) < 4.78 is 27.0. The smallest absolute Gasteiger partial charge is 0.322 e. The molecule has 2 heterocycles. The molecular weight excluding hydrogens is 324 g/mol. The van der Waals surface area contributed by atoms with Gasteiger partial charge < -0.3 is 5.11 Å². The highest BCUT2D eigenvalue weighted by molar-refractivity contribution is 7.91. The van der Waals surface area contributed by atoms with Gasteiger partial charge in [0.15, 0.2) is 0 Å². The van der Waals surface area contributed by atoms with E-state index < -0.39 is 22.0 Å². The lowest BCUT2D eigenvalue weighted by atomic mass is 9.95. The standard InChI is InChI=1S/C14H22N2O4S2/c1-14(2,3)11-5-6-12(21-11)22(19,20)16-8-7-15(4)10(9-16)13(17)18/h5-6,10H,7-9H2,1-4H3,(H,17,18). The van der Waals surface area contributed by atoms with Gasteiger partial charge >= 0.3 is 5.97 Å². The number of hydrogen-bond donors (Lipinski definition) is 1. The van der Waals surface area contributed by atoms with Gasteiger partial charge in [0, 0.05) is 24.5 Å². The quantitative estimate of drug-likeness (QED) is 0.896. The molecule has 8 heteroatoms. The normalized spacial score (nSPS) is 21.9. The first kappa shape index (κ1) is 17.4. The number of rotatable bonds is 3. The molecule has 1 aliphatic heterocycles. The molecule has 0 amide bonds. The Kier molecular flexibility index (Phi) is 4.68. The molecule has 0 saturated carbocycles. The number of sulfonamides is 1. The van der Waals surface area contributed by atoms with E-state index >= 15 is 0 Å². The molecule has 6 nitrogen and oxygen atoms in total. The van der Waals surface area contributed by atoms with E-state index in [9.17, 15) is 18.3 Å². The summed E-state index contributed by atoms with van der Waals surface area (Å²) in [4.78, 5) is 13.9. The van der Waals surface area contributed by atoms with Crippen LogP contribution >= 0.6 is 11.3 Å². The molecule has 22 heavy (non-hydrogen) atoms. The van der Waals surface area contributed by atoms with E-state index in [0.29, 0.717) is 13.1 Å². The number of carboxylic acids is 1. The van der Waals surface area contributed by atoms with Crippen LogP contribution < -0.4 is 0 Å². The van der Waals surface area contributed by atoms with Gasteiger partial charge in [0.25, 0.3) is 10.0 Å². The van der Waals surface area contributed by atoms with Gasteiger partial charge in [-0.05, 0) is 24.6 Å². The largest absolute Gasteiger partial charge is 0.480 e. The molecule has 0 radical (unpaired) electrons. The summed E-state index contributed by atoms with van der Waals surface area (Å²) in [6.07, 6.45) is 0. The Bertz CT molecular complexity index is 661. The second-order valence-corrected chi connectivity index (χ2v) is 9.81. The summed E-state index contributed by atoms with van der Waals surface area (Å²) in [5.41, 5.74) is -0.107. The van der Waals surface area contributed by atoms with Crippen LogP contribution in [0.2, 0.25) is 0 Å². The van der Waals surface area contributed by atoms with Gasteiger partial charge in [-0.25, -0.2) is 8.42 Å². The van der Waals surface area contributed by atoms with Crippen molar-refractivity contribution < 1.29 is 18.3 Å². The first-order valence-corrected chi connectivity index (χ1v) is 9.32. The van der Waals surface area contributed by atoms with E-state index in [1.807, 2.05) is 26.8 Å². The molecule has 1 atom stereocenters. The lowest BCUT2D eigenvalue weighted by Gasteiger charge is -2.36. The van der Waals surface area contributed by atoms with Crippen molar-refractivity contribution in [3.05, 3.63) is 17.0 Å². The SMILES string of the molecule is CN1CCN(S(=O)(=O)c2ccc(C(C)(C)C)s2)CC1C(=O)O. The van der Waals surface area contributed by atoms with Gasteiger partial charge in [0.05, 0.1) is 0 Å². The molecule has 0 spiro atoms. The summed E-state index contributed by atoms with van der Waals surface area (Å²) in [6.45, 7) is 6.80. The van der Waals surface area contributed by atoms with E-state index in [1.54, 1.807) is 18.0 Å². The zero-order valence-corrected chi connectivity index (χ0v) is 14.9. The van der Waals surface area contributed by atoms with Gasteiger partial charge in [-0.1, -0.05) is 20.8 Å².